The number of carboxylic acid groups (broad SMARTS) is 1. The number of sulfonamides is 1. The Hall–Kier alpha value is -1.38. The number of rotatable bonds is 5. The van der Waals surface area contributed by atoms with E-state index in [1.165, 1.54) is 7.05 Å². The molecule has 0 aliphatic heterocycles. The number of hydrogen-bond acceptors (Lipinski definition) is 4. The molecule has 0 amide bonds. The second kappa shape index (κ2) is 4.71. The van der Waals surface area contributed by atoms with E-state index in [-0.39, 0.29) is 17.2 Å². The van der Waals surface area contributed by atoms with Crippen molar-refractivity contribution in [2.75, 3.05) is 13.7 Å². The zero-order valence-electron chi connectivity index (χ0n) is 10.3. The molecule has 0 spiro atoms. The van der Waals surface area contributed by atoms with Crippen LogP contribution in [0.2, 0.25) is 0 Å². The summed E-state index contributed by atoms with van der Waals surface area (Å²) in [6.07, 6.45) is 1.11. The van der Waals surface area contributed by atoms with E-state index in [1.807, 2.05) is 0 Å². The topological polar surface area (TPSA) is 111 Å². The predicted molar refractivity (Wildman–Crippen MR) is 63.9 cm³/mol. The summed E-state index contributed by atoms with van der Waals surface area (Å²) in [5.41, 5.74) is -1.18. The molecule has 0 saturated carbocycles. The number of carboxylic acids is 1. The maximum atomic E-state index is 12.2. The van der Waals surface area contributed by atoms with Gasteiger partial charge >= 0.3 is 5.97 Å². The van der Waals surface area contributed by atoms with Gasteiger partial charge in [0.1, 0.15) is 10.6 Å². The fourth-order valence-electron chi connectivity index (χ4n) is 1.23. The minimum atomic E-state index is -3.84. The summed E-state index contributed by atoms with van der Waals surface area (Å²) in [7, 11) is -2.51. The Morgan fingerprint density at radius 1 is 1.50 bits per heavy atom. The van der Waals surface area contributed by atoms with Gasteiger partial charge in [0.2, 0.25) is 10.0 Å². The van der Waals surface area contributed by atoms with Crippen molar-refractivity contribution in [3.05, 3.63) is 18.0 Å². The lowest BCUT2D eigenvalue weighted by molar-refractivity contribution is 0.0691. The van der Waals surface area contributed by atoms with Gasteiger partial charge in [0.15, 0.2) is 0 Å². The molecule has 8 heteroatoms. The lowest BCUT2D eigenvalue weighted by Gasteiger charge is -2.32. The third-order valence-corrected chi connectivity index (χ3v) is 4.83. The second-order valence-corrected chi connectivity index (χ2v) is 6.47. The molecule has 3 N–H and O–H groups in total. The van der Waals surface area contributed by atoms with Gasteiger partial charge in [0.25, 0.3) is 0 Å². The molecule has 0 unspecified atom stereocenters. The normalized spacial score (nSPS) is 12.9. The number of aromatic carboxylic acids is 1. The van der Waals surface area contributed by atoms with Crippen LogP contribution in [-0.4, -0.2) is 53.1 Å². The molecule has 0 saturated heterocycles. The molecular weight excluding hydrogens is 260 g/mol. The molecule has 0 aliphatic carbocycles. The van der Waals surface area contributed by atoms with Crippen molar-refractivity contribution in [3.63, 3.8) is 0 Å². The Labute approximate surface area is 105 Å². The lowest BCUT2D eigenvalue weighted by atomic mass is 10.1. The number of H-pyrrole nitrogens is 1. The molecular formula is C10H16N2O5S. The summed E-state index contributed by atoms with van der Waals surface area (Å²) in [4.78, 5) is 12.9. The van der Waals surface area contributed by atoms with Crippen molar-refractivity contribution in [3.8, 4) is 0 Å². The molecule has 1 aromatic heterocycles. The Morgan fingerprint density at radius 3 is 2.44 bits per heavy atom. The summed E-state index contributed by atoms with van der Waals surface area (Å²) in [5, 5.41) is 17.9. The zero-order valence-corrected chi connectivity index (χ0v) is 11.2. The number of likely N-dealkylation sites (N-methyl/N-ethyl adjacent to an activating group) is 1. The fourth-order valence-corrected chi connectivity index (χ4v) is 2.73. The highest BCUT2D eigenvalue weighted by Crippen LogP contribution is 2.22. The van der Waals surface area contributed by atoms with Gasteiger partial charge in [0.05, 0.1) is 12.1 Å². The number of nitrogens with one attached hydrogen (secondary N) is 1. The van der Waals surface area contributed by atoms with Crippen LogP contribution in [0.15, 0.2) is 17.2 Å². The lowest BCUT2D eigenvalue weighted by Crippen LogP contribution is -2.47. The van der Waals surface area contributed by atoms with Crippen LogP contribution in [0.3, 0.4) is 0 Å². The van der Waals surface area contributed by atoms with Crippen molar-refractivity contribution in [1.29, 1.82) is 0 Å². The summed E-state index contributed by atoms with van der Waals surface area (Å²) in [6.45, 7) is 2.78. The van der Waals surface area contributed by atoms with Crippen LogP contribution in [0.4, 0.5) is 0 Å². The smallest absolute Gasteiger partial charge is 0.352 e. The molecule has 0 bridgehead atoms. The van der Waals surface area contributed by atoms with Gasteiger partial charge in [-0.05, 0) is 19.9 Å². The standard InChI is InChI=1S/C10H16N2O5S/c1-10(2,6-13)12(3)18(16,17)7-4-8(9(14)15)11-5-7/h4-5,11,13H,6H2,1-3H3,(H,14,15). The summed E-state index contributed by atoms with van der Waals surface area (Å²) in [6, 6.07) is 1.04. The minimum absolute atomic E-state index is 0.149. The molecule has 0 aliphatic rings. The van der Waals surface area contributed by atoms with Crippen LogP contribution in [0, 0.1) is 0 Å². The molecule has 0 atom stereocenters. The Morgan fingerprint density at radius 2 is 2.06 bits per heavy atom. The maximum Gasteiger partial charge on any atom is 0.352 e. The number of hydrogen-bond donors (Lipinski definition) is 3. The third kappa shape index (κ3) is 2.55. The van der Waals surface area contributed by atoms with Crippen molar-refractivity contribution >= 4 is 16.0 Å². The van der Waals surface area contributed by atoms with Crippen molar-refractivity contribution in [2.45, 2.75) is 24.3 Å². The molecule has 0 aromatic carbocycles. The van der Waals surface area contributed by atoms with Gasteiger partial charge in [-0.15, -0.1) is 0 Å². The Balaban J connectivity index is 3.17. The van der Waals surface area contributed by atoms with Crippen LogP contribution in [0.1, 0.15) is 24.3 Å². The van der Waals surface area contributed by atoms with E-state index in [4.69, 9.17) is 10.2 Å². The minimum Gasteiger partial charge on any atom is -0.477 e. The SMILES string of the molecule is CN(C(C)(C)CO)S(=O)(=O)c1c[nH]c(C(=O)O)c1. The van der Waals surface area contributed by atoms with E-state index in [0.29, 0.717) is 0 Å². The first-order valence-electron chi connectivity index (χ1n) is 5.14. The van der Waals surface area contributed by atoms with E-state index < -0.39 is 21.5 Å². The largest absolute Gasteiger partial charge is 0.477 e. The molecule has 0 fully saturated rings. The van der Waals surface area contributed by atoms with Crippen LogP contribution in [0.5, 0.6) is 0 Å². The van der Waals surface area contributed by atoms with Crippen LogP contribution >= 0.6 is 0 Å². The number of aliphatic hydroxyl groups is 1. The highest BCUT2D eigenvalue weighted by atomic mass is 32.2. The quantitative estimate of drug-likeness (QED) is 0.706. The summed E-state index contributed by atoms with van der Waals surface area (Å²) < 4.78 is 25.4. The molecule has 1 rings (SSSR count). The molecule has 1 aromatic rings. The molecule has 18 heavy (non-hydrogen) atoms. The average Bonchev–Trinajstić information content (AvgIpc) is 2.77. The predicted octanol–water partition coefficient (Wildman–Crippen LogP) is 0.104. The second-order valence-electron chi connectivity index (χ2n) is 4.50. The summed E-state index contributed by atoms with van der Waals surface area (Å²) in [5.74, 6) is -1.24. The van der Waals surface area contributed by atoms with Crippen molar-refractivity contribution < 1.29 is 23.4 Å². The van der Waals surface area contributed by atoms with Crippen LogP contribution < -0.4 is 0 Å². The van der Waals surface area contributed by atoms with Gasteiger partial charge < -0.3 is 15.2 Å². The highest BCUT2D eigenvalue weighted by molar-refractivity contribution is 7.89. The first kappa shape index (κ1) is 14.7. The van der Waals surface area contributed by atoms with Gasteiger partial charge in [-0.1, -0.05) is 0 Å². The van der Waals surface area contributed by atoms with E-state index in [1.54, 1.807) is 13.8 Å². The van der Waals surface area contributed by atoms with E-state index in [2.05, 4.69) is 4.98 Å². The first-order chi connectivity index (χ1) is 8.13. The number of aliphatic hydroxyl groups excluding tert-OH is 1. The van der Waals surface area contributed by atoms with Gasteiger partial charge in [-0.2, -0.15) is 4.31 Å². The number of carbonyl (C=O) groups is 1. The molecule has 0 radical (unpaired) electrons. The summed E-state index contributed by atoms with van der Waals surface area (Å²) >= 11 is 0. The monoisotopic (exact) mass is 276 g/mol. The highest BCUT2D eigenvalue weighted by Gasteiger charge is 2.34. The number of nitrogens with zero attached hydrogens (tertiary/aromatic N) is 1. The molecule has 1 heterocycles. The fraction of sp³-hybridized carbons (Fsp3) is 0.500. The first-order valence-corrected chi connectivity index (χ1v) is 6.58. The maximum absolute atomic E-state index is 12.2. The van der Waals surface area contributed by atoms with Gasteiger partial charge in [-0.3, -0.25) is 0 Å². The average molecular weight is 276 g/mol. The Kier molecular flexibility index (Phi) is 3.84. The van der Waals surface area contributed by atoms with E-state index in [0.717, 1.165) is 16.6 Å². The number of aromatic nitrogens is 1. The third-order valence-electron chi connectivity index (χ3n) is 2.78. The number of aromatic amines is 1. The van der Waals surface area contributed by atoms with Crippen LogP contribution in [-0.2, 0) is 10.0 Å². The van der Waals surface area contributed by atoms with Gasteiger partial charge in [0, 0.05) is 13.2 Å². The van der Waals surface area contributed by atoms with Crippen molar-refractivity contribution in [1.82, 2.24) is 9.29 Å². The molecule has 102 valence electrons. The van der Waals surface area contributed by atoms with E-state index >= 15 is 0 Å². The van der Waals surface area contributed by atoms with Crippen LogP contribution in [0.25, 0.3) is 0 Å². The Bertz CT molecular complexity index is 546. The van der Waals surface area contributed by atoms with Crippen molar-refractivity contribution in [2.24, 2.45) is 0 Å². The van der Waals surface area contributed by atoms with Gasteiger partial charge in [-0.25, -0.2) is 13.2 Å². The van der Waals surface area contributed by atoms with E-state index in [9.17, 15) is 13.2 Å². The zero-order chi connectivity index (χ0) is 14.1. The molecule has 7 nitrogen and oxygen atoms in total.